The number of hydrogen-bond acceptors (Lipinski definition) is 2. The fourth-order valence-corrected chi connectivity index (χ4v) is 4.57. The molecule has 8 heteroatoms. The van der Waals surface area contributed by atoms with Crippen LogP contribution in [0.5, 0.6) is 0 Å². The van der Waals surface area contributed by atoms with Gasteiger partial charge in [0.05, 0.1) is 11.7 Å². The molecule has 0 saturated heterocycles. The number of anilines is 1. The highest BCUT2D eigenvalue weighted by Crippen LogP contribution is 2.33. The van der Waals surface area contributed by atoms with E-state index in [1.807, 2.05) is 18.3 Å². The van der Waals surface area contributed by atoms with Crippen molar-refractivity contribution in [2.45, 2.75) is 52.2 Å². The number of nitrogens with zero attached hydrogens (tertiary/aromatic N) is 3. The third-order valence-corrected chi connectivity index (χ3v) is 6.64. The first-order chi connectivity index (χ1) is 17.2. The van der Waals surface area contributed by atoms with Gasteiger partial charge >= 0.3 is 6.03 Å². The van der Waals surface area contributed by atoms with Crippen molar-refractivity contribution in [2.24, 2.45) is 0 Å². The van der Waals surface area contributed by atoms with Gasteiger partial charge in [-0.1, -0.05) is 38.1 Å². The zero-order valence-corrected chi connectivity index (χ0v) is 21.0. The van der Waals surface area contributed by atoms with Gasteiger partial charge in [0.25, 0.3) is 0 Å². The van der Waals surface area contributed by atoms with Crippen LogP contribution in [0.25, 0.3) is 0 Å². The number of nitrogens with one attached hydrogen (secondary N) is 1. The molecule has 0 saturated carbocycles. The van der Waals surface area contributed by atoms with Gasteiger partial charge in [-0.25, -0.2) is 13.6 Å². The van der Waals surface area contributed by atoms with Crippen LogP contribution < -0.4 is 5.32 Å². The van der Waals surface area contributed by atoms with E-state index < -0.39 is 17.7 Å². The van der Waals surface area contributed by atoms with Crippen molar-refractivity contribution in [3.05, 3.63) is 89.2 Å². The van der Waals surface area contributed by atoms with E-state index in [4.69, 9.17) is 0 Å². The molecule has 0 bridgehead atoms. The molecule has 1 aromatic heterocycles. The second-order valence-electron chi connectivity index (χ2n) is 9.71. The van der Waals surface area contributed by atoms with Gasteiger partial charge in [-0.3, -0.25) is 4.79 Å². The van der Waals surface area contributed by atoms with Gasteiger partial charge in [0.15, 0.2) is 0 Å². The predicted molar refractivity (Wildman–Crippen MR) is 136 cm³/mol. The van der Waals surface area contributed by atoms with Crippen LogP contribution in [0, 0.1) is 11.6 Å². The molecule has 1 atom stereocenters. The van der Waals surface area contributed by atoms with E-state index >= 15 is 0 Å². The number of carbonyl (C=O) groups excluding carboxylic acids is 2. The number of benzene rings is 2. The molecule has 36 heavy (non-hydrogen) atoms. The predicted octanol–water partition coefficient (Wildman–Crippen LogP) is 5.76. The number of rotatable bonds is 6. The molecule has 0 fully saturated rings. The molecule has 1 unspecified atom stereocenters. The SMILES string of the molecule is CC(C)c1ccc(C2c3cccn3CCN2C(=O)CN(C(=O)Nc2ccc(F)cc2F)C(C)C)cc1. The number of halogens is 2. The summed E-state index contributed by atoms with van der Waals surface area (Å²) in [4.78, 5) is 29.8. The lowest BCUT2D eigenvalue weighted by molar-refractivity contribution is -0.134. The molecule has 0 aliphatic carbocycles. The maximum absolute atomic E-state index is 14.1. The fourth-order valence-electron chi connectivity index (χ4n) is 4.57. The van der Waals surface area contributed by atoms with Crippen molar-refractivity contribution in [2.75, 3.05) is 18.4 Å². The molecule has 1 aliphatic rings. The highest BCUT2D eigenvalue weighted by atomic mass is 19.1. The molecule has 0 radical (unpaired) electrons. The second kappa shape index (κ2) is 10.5. The smallest absolute Gasteiger partial charge is 0.322 e. The summed E-state index contributed by atoms with van der Waals surface area (Å²) in [5.74, 6) is -1.41. The molecule has 3 amide bonds. The maximum Gasteiger partial charge on any atom is 0.322 e. The van der Waals surface area contributed by atoms with Crippen molar-refractivity contribution >= 4 is 17.6 Å². The molecule has 6 nitrogen and oxygen atoms in total. The number of hydrogen-bond donors (Lipinski definition) is 1. The summed E-state index contributed by atoms with van der Waals surface area (Å²) in [7, 11) is 0. The number of fused-ring (bicyclic) bond motifs is 1. The van der Waals surface area contributed by atoms with Gasteiger partial charge in [-0.2, -0.15) is 0 Å². The van der Waals surface area contributed by atoms with Crippen LogP contribution in [0.4, 0.5) is 19.3 Å². The molecule has 2 heterocycles. The lowest BCUT2D eigenvalue weighted by Crippen LogP contribution is -2.50. The highest BCUT2D eigenvalue weighted by molar-refractivity contribution is 5.92. The average molecular weight is 495 g/mol. The molecule has 1 N–H and O–H groups in total. The average Bonchev–Trinajstić information content (AvgIpc) is 3.32. The lowest BCUT2D eigenvalue weighted by Gasteiger charge is -2.39. The Morgan fingerprint density at radius 1 is 1.03 bits per heavy atom. The molecular formula is C28H32F2N4O2. The number of urea groups is 1. The van der Waals surface area contributed by atoms with Crippen LogP contribution in [0.3, 0.4) is 0 Å². The summed E-state index contributed by atoms with van der Waals surface area (Å²) in [5, 5.41) is 2.47. The van der Waals surface area contributed by atoms with Gasteiger partial charge < -0.3 is 19.7 Å². The molecule has 1 aliphatic heterocycles. The Kier molecular flexibility index (Phi) is 7.43. The highest BCUT2D eigenvalue weighted by Gasteiger charge is 2.34. The fraction of sp³-hybridized carbons (Fsp3) is 0.357. The standard InChI is InChI=1S/C28H32F2N4O2/c1-18(2)20-7-9-21(10-8-20)27-25-6-5-13-32(25)14-15-33(27)26(35)17-34(19(3)4)28(36)31-24-12-11-22(29)16-23(24)30/h5-13,16,18-19,27H,14-15,17H2,1-4H3,(H,31,36). The van der Waals surface area contributed by atoms with E-state index in [1.54, 1.807) is 18.7 Å². The van der Waals surface area contributed by atoms with Crippen LogP contribution in [-0.2, 0) is 11.3 Å². The number of aromatic nitrogens is 1. The lowest BCUT2D eigenvalue weighted by atomic mass is 9.95. The van der Waals surface area contributed by atoms with Crippen LogP contribution in [-0.4, -0.2) is 45.4 Å². The summed E-state index contributed by atoms with van der Waals surface area (Å²) in [6, 6.07) is 14.0. The van der Waals surface area contributed by atoms with E-state index in [1.165, 1.54) is 16.5 Å². The Bertz CT molecular complexity index is 1240. The van der Waals surface area contributed by atoms with Crippen LogP contribution in [0.15, 0.2) is 60.8 Å². The third-order valence-electron chi connectivity index (χ3n) is 6.64. The molecule has 2 aromatic carbocycles. The van der Waals surface area contributed by atoms with Gasteiger partial charge in [-0.05, 0) is 55.2 Å². The Labute approximate surface area is 210 Å². The minimum atomic E-state index is -0.875. The summed E-state index contributed by atoms with van der Waals surface area (Å²) < 4.78 is 29.5. The molecule has 3 aromatic rings. The largest absolute Gasteiger partial charge is 0.348 e. The van der Waals surface area contributed by atoms with Crippen molar-refractivity contribution < 1.29 is 18.4 Å². The van der Waals surface area contributed by atoms with Gasteiger partial charge in [0.2, 0.25) is 5.91 Å². The van der Waals surface area contributed by atoms with Crippen molar-refractivity contribution in [3.8, 4) is 0 Å². The normalized spacial score (nSPS) is 15.2. The maximum atomic E-state index is 14.1. The van der Waals surface area contributed by atoms with E-state index in [0.29, 0.717) is 25.1 Å². The zero-order valence-electron chi connectivity index (χ0n) is 21.0. The molecule has 0 spiro atoms. The van der Waals surface area contributed by atoms with E-state index in [2.05, 4.69) is 48.0 Å². The zero-order chi connectivity index (χ0) is 26.0. The molecule has 190 valence electrons. The first-order valence-corrected chi connectivity index (χ1v) is 12.2. The monoisotopic (exact) mass is 494 g/mol. The summed E-state index contributed by atoms with van der Waals surface area (Å²) >= 11 is 0. The first-order valence-electron chi connectivity index (χ1n) is 12.2. The Morgan fingerprint density at radius 3 is 2.39 bits per heavy atom. The number of amides is 3. The van der Waals surface area contributed by atoms with Crippen LogP contribution >= 0.6 is 0 Å². The van der Waals surface area contributed by atoms with Gasteiger partial charge in [0.1, 0.15) is 18.2 Å². The Balaban J connectivity index is 1.57. The third kappa shape index (κ3) is 5.27. The second-order valence-corrected chi connectivity index (χ2v) is 9.71. The van der Waals surface area contributed by atoms with E-state index in [0.717, 1.165) is 17.3 Å². The Hall–Kier alpha value is -3.68. The van der Waals surface area contributed by atoms with Crippen LogP contribution in [0.1, 0.15) is 56.5 Å². The first kappa shape index (κ1) is 25.4. The van der Waals surface area contributed by atoms with Crippen molar-refractivity contribution in [1.82, 2.24) is 14.4 Å². The van der Waals surface area contributed by atoms with Crippen molar-refractivity contribution in [1.29, 1.82) is 0 Å². The van der Waals surface area contributed by atoms with E-state index in [-0.39, 0.29) is 30.2 Å². The summed E-state index contributed by atoms with van der Waals surface area (Å²) in [6.45, 7) is 8.84. The minimum absolute atomic E-state index is 0.140. The molecular weight excluding hydrogens is 462 g/mol. The molecule has 4 rings (SSSR count). The quantitative estimate of drug-likeness (QED) is 0.473. The van der Waals surface area contributed by atoms with Gasteiger partial charge in [-0.15, -0.1) is 0 Å². The topological polar surface area (TPSA) is 57.6 Å². The summed E-state index contributed by atoms with van der Waals surface area (Å²) in [6.07, 6.45) is 2.01. The van der Waals surface area contributed by atoms with Gasteiger partial charge in [0, 0.05) is 37.1 Å². The minimum Gasteiger partial charge on any atom is -0.348 e. The van der Waals surface area contributed by atoms with Crippen molar-refractivity contribution in [3.63, 3.8) is 0 Å². The van der Waals surface area contributed by atoms with Crippen LogP contribution in [0.2, 0.25) is 0 Å². The number of carbonyl (C=O) groups is 2. The van der Waals surface area contributed by atoms with E-state index in [9.17, 15) is 18.4 Å². The summed E-state index contributed by atoms with van der Waals surface area (Å²) in [5.41, 5.74) is 3.10. The Morgan fingerprint density at radius 2 is 1.75 bits per heavy atom.